The fourth-order valence-electron chi connectivity index (χ4n) is 1.14. The summed E-state index contributed by atoms with van der Waals surface area (Å²) in [5, 5.41) is 12.1. The fourth-order valence-corrected chi connectivity index (χ4v) is 1.60. The summed E-state index contributed by atoms with van der Waals surface area (Å²) in [6.07, 6.45) is 1.12. The van der Waals surface area contributed by atoms with E-state index in [0.29, 0.717) is 11.3 Å². The molecule has 0 aliphatic carbocycles. The third-order valence-corrected chi connectivity index (χ3v) is 2.84. The highest BCUT2D eigenvalue weighted by Gasteiger charge is 2.11. The molecule has 0 amide bonds. The molecule has 1 N–H and O–H groups in total. The van der Waals surface area contributed by atoms with Crippen LogP contribution in [0.5, 0.6) is 5.75 Å². The van der Waals surface area contributed by atoms with Gasteiger partial charge >= 0.3 is 5.97 Å². The number of benzene rings is 1. The van der Waals surface area contributed by atoms with Crippen LogP contribution in [0.3, 0.4) is 0 Å². The number of rotatable bonds is 4. The van der Waals surface area contributed by atoms with E-state index in [0.717, 1.165) is 6.08 Å². The second-order valence-corrected chi connectivity index (χ2v) is 3.77. The molecule has 0 saturated heterocycles. The van der Waals surface area contributed by atoms with Crippen molar-refractivity contribution in [2.45, 2.75) is 0 Å². The highest BCUT2D eigenvalue weighted by Crippen LogP contribution is 2.35. The molecule has 0 bridgehead atoms. The minimum absolute atomic E-state index is 0.114. The van der Waals surface area contributed by atoms with Gasteiger partial charge in [0.25, 0.3) is 0 Å². The Bertz CT molecular complexity index is 562. The molecule has 1 rings (SSSR count). The maximum absolute atomic E-state index is 10.8. The first kappa shape index (κ1) is 14.2. The Balaban J connectivity index is 3.34. The van der Waals surface area contributed by atoms with E-state index in [1.165, 1.54) is 19.2 Å². The molecule has 0 aliphatic heterocycles. The minimum atomic E-state index is -1.36. The number of halogens is 2. The first-order valence-electron chi connectivity index (χ1n) is 4.53. The molecule has 1 aromatic carbocycles. The summed E-state index contributed by atoms with van der Waals surface area (Å²) in [5.74, 6) is -1.00. The van der Waals surface area contributed by atoms with Gasteiger partial charge in [-0.3, -0.25) is 0 Å². The molecule has 0 unspecified atom stereocenters. The maximum Gasteiger partial charge on any atom is 0.338 e. The highest BCUT2D eigenvalue weighted by atomic mass is 35.5. The average molecular weight is 288 g/mol. The summed E-state index contributed by atoms with van der Waals surface area (Å²) in [6, 6.07) is 3.03. The molecule has 1 aromatic rings. The summed E-state index contributed by atoms with van der Waals surface area (Å²) >= 11 is 11.8. The third-order valence-electron chi connectivity index (χ3n) is 1.96. The molecule has 0 fully saturated rings. The van der Waals surface area contributed by atoms with Crippen molar-refractivity contribution in [2.75, 3.05) is 7.11 Å². The smallest absolute Gasteiger partial charge is 0.338 e. The van der Waals surface area contributed by atoms with Crippen molar-refractivity contribution in [1.29, 1.82) is 0 Å². The number of carboxylic acids is 1. The molecular formula is C10H7Cl2N3O3. The number of azide groups is 1. The van der Waals surface area contributed by atoms with Crippen LogP contribution in [0.25, 0.3) is 16.5 Å². The van der Waals surface area contributed by atoms with Gasteiger partial charge in [0.1, 0.15) is 16.5 Å². The van der Waals surface area contributed by atoms with Crippen LogP contribution < -0.4 is 4.74 Å². The lowest BCUT2D eigenvalue weighted by Crippen LogP contribution is -1.97. The summed E-state index contributed by atoms with van der Waals surface area (Å²) in [6.45, 7) is 0. The third kappa shape index (κ3) is 3.07. The van der Waals surface area contributed by atoms with Crippen LogP contribution in [-0.4, -0.2) is 18.2 Å². The molecule has 0 saturated carbocycles. The number of methoxy groups -OCH3 is 1. The summed E-state index contributed by atoms with van der Waals surface area (Å²) < 4.78 is 4.95. The van der Waals surface area contributed by atoms with Gasteiger partial charge in [-0.15, -0.1) is 0 Å². The first-order chi connectivity index (χ1) is 8.51. The Morgan fingerprint density at radius 1 is 1.50 bits per heavy atom. The van der Waals surface area contributed by atoms with E-state index in [-0.39, 0.29) is 10.0 Å². The quantitative estimate of drug-likeness (QED) is 0.395. The number of hydrogen-bond acceptors (Lipinski definition) is 3. The second kappa shape index (κ2) is 6.16. The van der Waals surface area contributed by atoms with Crippen molar-refractivity contribution in [1.82, 2.24) is 0 Å². The molecule has 18 heavy (non-hydrogen) atoms. The van der Waals surface area contributed by atoms with Crippen LogP contribution in [0.1, 0.15) is 5.56 Å². The SMILES string of the molecule is COc1ccc(/C=C(\N=[N+]=[N-])C(=O)O)c(Cl)c1Cl. The van der Waals surface area contributed by atoms with Crippen LogP contribution in [0.4, 0.5) is 0 Å². The normalized spacial score (nSPS) is 10.7. The molecule has 0 aromatic heterocycles. The zero-order chi connectivity index (χ0) is 13.7. The number of aliphatic carboxylic acids is 1. The van der Waals surface area contributed by atoms with Gasteiger partial charge in [-0.1, -0.05) is 28.3 Å². The fraction of sp³-hybridized carbons (Fsp3) is 0.100. The number of carbonyl (C=O) groups is 1. The number of hydrogen-bond donors (Lipinski definition) is 1. The highest BCUT2D eigenvalue weighted by molar-refractivity contribution is 6.43. The van der Waals surface area contributed by atoms with Gasteiger partial charge in [-0.2, -0.15) is 0 Å². The van der Waals surface area contributed by atoms with Crippen molar-refractivity contribution >= 4 is 35.2 Å². The Labute approximate surface area is 112 Å². The van der Waals surface area contributed by atoms with Crippen LogP contribution in [0.15, 0.2) is 22.9 Å². The largest absolute Gasteiger partial charge is 0.495 e. The van der Waals surface area contributed by atoms with E-state index in [2.05, 4.69) is 10.0 Å². The molecule has 0 aliphatic rings. The maximum atomic E-state index is 10.8. The van der Waals surface area contributed by atoms with Crippen molar-refractivity contribution < 1.29 is 14.6 Å². The lowest BCUT2D eigenvalue weighted by Gasteiger charge is -2.07. The topological polar surface area (TPSA) is 95.3 Å². The lowest BCUT2D eigenvalue weighted by molar-refractivity contribution is -0.132. The zero-order valence-corrected chi connectivity index (χ0v) is 10.6. The predicted molar refractivity (Wildman–Crippen MR) is 67.8 cm³/mol. The second-order valence-electron chi connectivity index (χ2n) is 3.01. The van der Waals surface area contributed by atoms with Crippen molar-refractivity contribution in [2.24, 2.45) is 5.11 Å². The van der Waals surface area contributed by atoms with Crippen molar-refractivity contribution in [3.63, 3.8) is 0 Å². The van der Waals surface area contributed by atoms with Gasteiger partial charge in [0.15, 0.2) is 0 Å². The summed E-state index contributed by atoms with van der Waals surface area (Å²) in [5.41, 5.74) is 8.07. The van der Waals surface area contributed by atoms with Crippen LogP contribution >= 0.6 is 23.2 Å². The Hall–Kier alpha value is -1.88. The van der Waals surface area contributed by atoms with E-state index in [4.69, 9.17) is 38.6 Å². The Morgan fingerprint density at radius 3 is 2.67 bits per heavy atom. The molecule has 0 atom stereocenters. The zero-order valence-electron chi connectivity index (χ0n) is 9.09. The first-order valence-corrected chi connectivity index (χ1v) is 5.29. The molecular weight excluding hydrogens is 281 g/mol. The minimum Gasteiger partial charge on any atom is -0.495 e. The molecule has 0 radical (unpaired) electrons. The van der Waals surface area contributed by atoms with Gasteiger partial charge in [0.2, 0.25) is 0 Å². The van der Waals surface area contributed by atoms with Crippen LogP contribution in [0.2, 0.25) is 10.0 Å². The Morgan fingerprint density at radius 2 is 2.17 bits per heavy atom. The lowest BCUT2D eigenvalue weighted by atomic mass is 10.2. The average Bonchev–Trinajstić information content (AvgIpc) is 2.34. The van der Waals surface area contributed by atoms with Gasteiger partial charge in [-0.25, -0.2) is 4.79 Å². The molecule has 6 nitrogen and oxygen atoms in total. The van der Waals surface area contributed by atoms with Gasteiger partial charge in [0.05, 0.1) is 12.1 Å². The molecule has 94 valence electrons. The van der Waals surface area contributed by atoms with E-state index in [1.54, 1.807) is 0 Å². The number of nitrogens with zero attached hydrogens (tertiary/aromatic N) is 3. The number of ether oxygens (including phenoxy) is 1. The molecule has 8 heteroatoms. The van der Waals surface area contributed by atoms with E-state index < -0.39 is 11.7 Å². The van der Waals surface area contributed by atoms with Crippen LogP contribution in [0, 0.1) is 0 Å². The summed E-state index contributed by atoms with van der Waals surface area (Å²) in [4.78, 5) is 13.2. The van der Waals surface area contributed by atoms with Gasteiger partial charge < -0.3 is 9.84 Å². The van der Waals surface area contributed by atoms with E-state index in [1.807, 2.05) is 0 Å². The van der Waals surface area contributed by atoms with E-state index in [9.17, 15) is 4.79 Å². The van der Waals surface area contributed by atoms with Crippen LogP contribution in [-0.2, 0) is 4.79 Å². The monoisotopic (exact) mass is 287 g/mol. The predicted octanol–water partition coefficient (Wildman–Crippen LogP) is 3.74. The van der Waals surface area contributed by atoms with Crippen molar-refractivity contribution in [3.05, 3.63) is 43.9 Å². The molecule has 0 heterocycles. The standard InChI is InChI=1S/C10H7Cl2N3O3/c1-18-7-3-2-5(8(11)9(7)12)4-6(10(16)17)14-15-13/h2-4H,1H3,(H,16,17)/b6-4-. The Kier molecular flexibility index (Phi) is 4.85. The van der Waals surface area contributed by atoms with Gasteiger partial charge in [-0.05, 0) is 29.3 Å². The van der Waals surface area contributed by atoms with E-state index >= 15 is 0 Å². The van der Waals surface area contributed by atoms with Crippen molar-refractivity contribution in [3.8, 4) is 5.75 Å². The molecule has 0 spiro atoms. The van der Waals surface area contributed by atoms with Gasteiger partial charge in [0, 0.05) is 4.91 Å². The summed E-state index contributed by atoms with van der Waals surface area (Å²) in [7, 11) is 1.43. The number of carboxylic acid groups (broad SMARTS) is 1.